The highest BCUT2D eigenvalue weighted by atomic mass is 32.2. The Labute approximate surface area is 164 Å². The Morgan fingerprint density at radius 2 is 1.82 bits per heavy atom. The number of rotatable bonds is 4. The third-order valence-electron chi connectivity index (χ3n) is 5.57. The van der Waals surface area contributed by atoms with Gasteiger partial charge in [-0.05, 0) is 43.0 Å². The predicted molar refractivity (Wildman–Crippen MR) is 106 cm³/mol. The molecule has 0 bridgehead atoms. The fourth-order valence-corrected chi connectivity index (χ4v) is 5.72. The topological polar surface area (TPSA) is 74.8 Å². The molecule has 1 fully saturated rings. The molecule has 1 saturated heterocycles. The van der Waals surface area contributed by atoms with Gasteiger partial charge in [0.25, 0.3) is 0 Å². The summed E-state index contributed by atoms with van der Waals surface area (Å²) in [5.74, 6) is -0.138. The molecule has 0 saturated carbocycles. The van der Waals surface area contributed by atoms with Crippen LogP contribution in [0.1, 0.15) is 35.2 Å². The standard InChI is InChI=1S/C21H22N2O4S/c1-22-18-11-10-17(14-16(18)9-12-20(22)24)28(26,27)23-13-5-8-19(23)21(25)15-6-3-2-4-7-15/h2-4,6-7,10-11,14,19H,5,8-9,12-13H2,1H3. The van der Waals surface area contributed by atoms with Gasteiger partial charge in [-0.15, -0.1) is 0 Å². The second-order valence-electron chi connectivity index (χ2n) is 7.25. The molecule has 2 aromatic rings. The third-order valence-corrected chi connectivity index (χ3v) is 7.47. The van der Waals surface area contributed by atoms with Gasteiger partial charge in [0.15, 0.2) is 5.78 Å². The quantitative estimate of drug-likeness (QED) is 0.742. The average molecular weight is 398 g/mol. The highest BCUT2D eigenvalue weighted by molar-refractivity contribution is 7.89. The smallest absolute Gasteiger partial charge is 0.243 e. The van der Waals surface area contributed by atoms with E-state index in [-0.39, 0.29) is 16.6 Å². The van der Waals surface area contributed by atoms with E-state index in [2.05, 4.69) is 0 Å². The fraction of sp³-hybridized carbons (Fsp3) is 0.333. The molecule has 4 rings (SSSR count). The normalized spacial score (nSPS) is 20.2. The summed E-state index contributed by atoms with van der Waals surface area (Å²) in [5, 5.41) is 0. The maximum atomic E-state index is 13.3. The van der Waals surface area contributed by atoms with Gasteiger partial charge in [0.2, 0.25) is 15.9 Å². The lowest BCUT2D eigenvalue weighted by Crippen LogP contribution is -2.40. The van der Waals surface area contributed by atoms with Crippen molar-refractivity contribution in [2.45, 2.75) is 36.6 Å². The van der Waals surface area contributed by atoms with Crippen LogP contribution in [0.2, 0.25) is 0 Å². The minimum absolute atomic E-state index is 0.0242. The number of aryl methyl sites for hydroxylation is 1. The number of carbonyl (C=O) groups excluding carboxylic acids is 2. The lowest BCUT2D eigenvalue weighted by molar-refractivity contribution is -0.118. The fourth-order valence-electron chi connectivity index (χ4n) is 4.01. The van der Waals surface area contributed by atoms with E-state index in [0.29, 0.717) is 37.8 Å². The van der Waals surface area contributed by atoms with Crippen molar-refractivity contribution in [2.24, 2.45) is 0 Å². The Bertz CT molecular complexity index is 1030. The monoisotopic (exact) mass is 398 g/mol. The Kier molecular flexibility index (Phi) is 4.81. The molecular formula is C21H22N2O4S. The number of hydrogen-bond donors (Lipinski definition) is 0. The molecule has 0 radical (unpaired) electrons. The van der Waals surface area contributed by atoms with Crippen LogP contribution < -0.4 is 4.90 Å². The van der Waals surface area contributed by atoms with Crippen LogP contribution in [0.5, 0.6) is 0 Å². The maximum Gasteiger partial charge on any atom is 0.243 e. The number of benzene rings is 2. The van der Waals surface area contributed by atoms with E-state index in [1.807, 2.05) is 6.07 Å². The van der Waals surface area contributed by atoms with E-state index in [4.69, 9.17) is 0 Å². The van der Waals surface area contributed by atoms with Crippen molar-refractivity contribution >= 4 is 27.4 Å². The zero-order valence-corrected chi connectivity index (χ0v) is 16.5. The zero-order chi connectivity index (χ0) is 19.9. The van der Waals surface area contributed by atoms with Gasteiger partial charge < -0.3 is 4.90 Å². The van der Waals surface area contributed by atoms with Crippen molar-refractivity contribution in [3.05, 3.63) is 59.7 Å². The third kappa shape index (κ3) is 3.14. The minimum atomic E-state index is -3.80. The van der Waals surface area contributed by atoms with Crippen molar-refractivity contribution in [3.63, 3.8) is 0 Å². The second kappa shape index (κ2) is 7.14. The summed E-state index contributed by atoms with van der Waals surface area (Å²) in [6, 6.07) is 13.0. The lowest BCUT2D eigenvalue weighted by atomic mass is 10.0. The molecule has 28 heavy (non-hydrogen) atoms. The first kappa shape index (κ1) is 18.8. The molecule has 1 unspecified atom stereocenters. The molecule has 7 heteroatoms. The molecule has 0 aliphatic carbocycles. The largest absolute Gasteiger partial charge is 0.315 e. The second-order valence-corrected chi connectivity index (χ2v) is 9.14. The van der Waals surface area contributed by atoms with Crippen LogP contribution in [0.4, 0.5) is 5.69 Å². The Hall–Kier alpha value is -2.51. The molecule has 0 N–H and O–H groups in total. The number of amides is 1. The van der Waals surface area contributed by atoms with Gasteiger partial charge >= 0.3 is 0 Å². The average Bonchev–Trinajstić information content (AvgIpc) is 3.21. The van der Waals surface area contributed by atoms with Crippen LogP contribution >= 0.6 is 0 Å². The molecule has 2 aliphatic rings. The number of carbonyl (C=O) groups is 2. The summed E-state index contributed by atoms with van der Waals surface area (Å²) in [6.07, 6.45) is 2.07. The minimum Gasteiger partial charge on any atom is -0.315 e. The summed E-state index contributed by atoms with van der Waals surface area (Å²) in [7, 11) is -2.10. The lowest BCUT2D eigenvalue weighted by Gasteiger charge is -2.27. The summed E-state index contributed by atoms with van der Waals surface area (Å²) >= 11 is 0. The molecule has 0 spiro atoms. The van der Waals surface area contributed by atoms with Crippen molar-refractivity contribution < 1.29 is 18.0 Å². The molecular weight excluding hydrogens is 376 g/mol. The molecule has 6 nitrogen and oxygen atoms in total. The molecule has 2 aliphatic heterocycles. The van der Waals surface area contributed by atoms with Gasteiger partial charge in [0, 0.05) is 31.3 Å². The summed E-state index contributed by atoms with van der Waals surface area (Å²) in [6.45, 7) is 0.334. The van der Waals surface area contributed by atoms with Gasteiger partial charge in [-0.3, -0.25) is 9.59 Å². The van der Waals surface area contributed by atoms with E-state index in [1.54, 1.807) is 48.3 Å². The van der Waals surface area contributed by atoms with E-state index < -0.39 is 16.1 Å². The van der Waals surface area contributed by atoms with E-state index >= 15 is 0 Å². The molecule has 1 atom stereocenters. The van der Waals surface area contributed by atoms with Crippen molar-refractivity contribution in [1.82, 2.24) is 4.31 Å². The summed E-state index contributed by atoms with van der Waals surface area (Å²) < 4.78 is 27.9. The number of ketones is 1. The number of Topliss-reactive ketones (excluding diaryl/α,β-unsaturated/α-hetero) is 1. The maximum absolute atomic E-state index is 13.3. The van der Waals surface area contributed by atoms with Crippen LogP contribution in [-0.4, -0.2) is 44.0 Å². The van der Waals surface area contributed by atoms with Gasteiger partial charge in [-0.2, -0.15) is 4.31 Å². The van der Waals surface area contributed by atoms with Crippen LogP contribution in [0.15, 0.2) is 53.4 Å². The highest BCUT2D eigenvalue weighted by Gasteiger charge is 2.40. The first-order valence-electron chi connectivity index (χ1n) is 9.40. The van der Waals surface area contributed by atoms with Crippen LogP contribution in [0.3, 0.4) is 0 Å². The molecule has 146 valence electrons. The van der Waals surface area contributed by atoms with Gasteiger partial charge in [0.1, 0.15) is 0 Å². The van der Waals surface area contributed by atoms with E-state index in [9.17, 15) is 18.0 Å². The molecule has 2 aromatic carbocycles. The first-order chi connectivity index (χ1) is 13.4. The molecule has 0 aromatic heterocycles. The molecule has 1 amide bonds. The van der Waals surface area contributed by atoms with Crippen LogP contribution in [-0.2, 0) is 21.2 Å². The van der Waals surface area contributed by atoms with Crippen molar-refractivity contribution in [3.8, 4) is 0 Å². The van der Waals surface area contributed by atoms with E-state index in [1.165, 1.54) is 10.4 Å². The van der Waals surface area contributed by atoms with Crippen LogP contribution in [0.25, 0.3) is 0 Å². The Balaban J connectivity index is 1.66. The summed E-state index contributed by atoms with van der Waals surface area (Å²) in [5.41, 5.74) is 2.11. The van der Waals surface area contributed by atoms with Gasteiger partial charge in [-0.1, -0.05) is 30.3 Å². The zero-order valence-electron chi connectivity index (χ0n) is 15.7. The Morgan fingerprint density at radius 3 is 2.57 bits per heavy atom. The summed E-state index contributed by atoms with van der Waals surface area (Å²) in [4.78, 5) is 26.5. The number of nitrogens with zero attached hydrogens (tertiary/aromatic N) is 2. The SMILES string of the molecule is CN1C(=O)CCc2cc(S(=O)(=O)N3CCCC3C(=O)c3ccccc3)ccc21. The highest BCUT2D eigenvalue weighted by Crippen LogP contribution is 2.33. The number of hydrogen-bond acceptors (Lipinski definition) is 4. The number of fused-ring (bicyclic) bond motifs is 1. The number of sulfonamides is 1. The van der Waals surface area contributed by atoms with Gasteiger partial charge in [0.05, 0.1) is 10.9 Å². The van der Waals surface area contributed by atoms with Crippen molar-refractivity contribution in [1.29, 1.82) is 0 Å². The van der Waals surface area contributed by atoms with Gasteiger partial charge in [-0.25, -0.2) is 8.42 Å². The van der Waals surface area contributed by atoms with E-state index in [0.717, 1.165) is 11.3 Å². The molecule has 2 heterocycles. The number of anilines is 1. The van der Waals surface area contributed by atoms with Crippen molar-refractivity contribution in [2.75, 3.05) is 18.5 Å². The van der Waals surface area contributed by atoms with Crippen LogP contribution in [0, 0.1) is 0 Å². The first-order valence-corrected chi connectivity index (χ1v) is 10.8. The predicted octanol–water partition coefficient (Wildman–Crippen LogP) is 2.63. The Morgan fingerprint density at radius 1 is 1.07 bits per heavy atom.